The first-order chi connectivity index (χ1) is 7.20. The minimum Gasteiger partial charge on any atom is -0.338 e. The van der Waals surface area contributed by atoms with E-state index in [1.165, 1.54) is 6.08 Å². The van der Waals surface area contributed by atoms with Gasteiger partial charge in [-0.2, -0.15) is 0 Å². The highest BCUT2D eigenvalue weighted by Gasteiger charge is 2.32. The average molecular weight is 268 g/mol. The van der Waals surface area contributed by atoms with E-state index in [0.717, 1.165) is 10.3 Å². The summed E-state index contributed by atoms with van der Waals surface area (Å²) in [5.74, 6) is 1.04. The molecule has 1 aromatic heterocycles. The molecular formula is C10H10BrN3O. The highest BCUT2D eigenvalue weighted by Crippen LogP contribution is 2.24. The molecule has 0 unspecified atom stereocenters. The number of aromatic nitrogens is 2. The van der Waals surface area contributed by atoms with Gasteiger partial charge < -0.3 is 4.90 Å². The molecule has 1 saturated heterocycles. The van der Waals surface area contributed by atoms with Gasteiger partial charge >= 0.3 is 0 Å². The molecule has 2 heterocycles. The Hall–Kier alpha value is -1.23. The Morgan fingerprint density at radius 1 is 1.53 bits per heavy atom. The van der Waals surface area contributed by atoms with Gasteiger partial charge in [0.1, 0.15) is 5.82 Å². The van der Waals surface area contributed by atoms with Gasteiger partial charge in [0.25, 0.3) is 0 Å². The normalized spacial score (nSPS) is 15.9. The Kier molecular flexibility index (Phi) is 2.81. The minimum atomic E-state index is -0.0247. The lowest BCUT2D eigenvalue weighted by atomic mass is 9.99. The highest BCUT2D eigenvalue weighted by molar-refractivity contribution is 9.10. The second-order valence-electron chi connectivity index (χ2n) is 3.40. The van der Waals surface area contributed by atoms with Crippen molar-refractivity contribution in [3.05, 3.63) is 35.3 Å². The summed E-state index contributed by atoms with van der Waals surface area (Å²) in [5.41, 5.74) is 0. The van der Waals surface area contributed by atoms with Crippen molar-refractivity contribution in [1.29, 1.82) is 0 Å². The van der Waals surface area contributed by atoms with E-state index < -0.39 is 0 Å². The van der Waals surface area contributed by atoms with E-state index in [0.29, 0.717) is 13.1 Å². The number of rotatable bonds is 2. The zero-order chi connectivity index (χ0) is 10.8. The third-order valence-corrected chi connectivity index (χ3v) is 2.78. The number of carbonyl (C=O) groups is 1. The molecule has 0 radical (unpaired) electrons. The van der Waals surface area contributed by atoms with E-state index in [9.17, 15) is 4.79 Å². The van der Waals surface area contributed by atoms with Crippen molar-refractivity contribution in [2.24, 2.45) is 0 Å². The lowest BCUT2D eigenvalue weighted by molar-refractivity contribution is -0.130. The van der Waals surface area contributed by atoms with Crippen LogP contribution in [0.3, 0.4) is 0 Å². The van der Waals surface area contributed by atoms with Crippen molar-refractivity contribution < 1.29 is 4.79 Å². The first-order valence-corrected chi connectivity index (χ1v) is 5.39. The van der Waals surface area contributed by atoms with Gasteiger partial charge in [0.05, 0.1) is 10.4 Å². The van der Waals surface area contributed by atoms with Crippen molar-refractivity contribution in [2.45, 2.75) is 5.92 Å². The molecule has 0 atom stereocenters. The van der Waals surface area contributed by atoms with Crippen LogP contribution in [0.25, 0.3) is 0 Å². The standard InChI is InChI=1S/C10H10BrN3O/c1-2-9(15)14-5-7(6-14)10-12-3-8(11)4-13-10/h2-4,7H,1,5-6H2. The van der Waals surface area contributed by atoms with Crippen LogP contribution >= 0.6 is 15.9 Å². The maximum absolute atomic E-state index is 11.2. The molecule has 4 nitrogen and oxygen atoms in total. The number of hydrogen-bond acceptors (Lipinski definition) is 3. The van der Waals surface area contributed by atoms with Crippen LogP contribution in [0.15, 0.2) is 29.5 Å². The van der Waals surface area contributed by atoms with Crippen LogP contribution < -0.4 is 0 Å². The number of carbonyl (C=O) groups excluding carboxylic acids is 1. The molecule has 0 saturated carbocycles. The molecule has 78 valence electrons. The molecule has 1 amide bonds. The van der Waals surface area contributed by atoms with Gasteiger partial charge in [-0.15, -0.1) is 0 Å². The van der Waals surface area contributed by atoms with Gasteiger partial charge in [0.15, 0.2) is 0 Å². The van der Waals surface area contributed by atoms with Crippen LogP contribution in [-0.4, -0.2) is 33.9 Å². The molecule has 1 fully saturated rings. The lowest BCUT2D eigenvalue weighted by Crippen LogP contribution is -2.48. The number of amides is 1. The number of halogens is 1. The summed E-state index contributed by atoms with van der Waals surface area (Å²) < 4.78 is 0.865. The minimum absolute atomic E-state index is 0.0247. The Morgan fingerprint density at radius 3 is 2.67 bits per heavy atom. The smallest absolute Gasteiger partial charge is 0.246 e. The lowest BCUT2D eigenvalue weighted by Gasteiger charge is -2.37. The number of hydrogen-bond donors (Lipinski definition) is 0. The monoisotopic (exact) mass is 267 g/mol. The molecule has 1 aromatic rings. The van der Waals surface area contributed by atoms with Crippen molar-refractivity contribution in [2.75, 3.05) is 13.1 Å². The Labute approximate surface area is 96.2 Å². The van der Waals surface area contributed by atoms with E-state index in [4.69, 9.17) is 0 Å². The predicted molar refractivity (Wildman–Crippen MR) is 59.3 cm³/mol. The van der Waals surface area contributed by atoms with E-state index >= 15 is 0 Å². The largest absolute Gasteiger partial charge is 0.338 e. The highest BCUT2D eigenvalue weighted by atomic mass is 79.9. The van der Waals surface area contributed by atoms with Crippen molar-refractivity contribution in [1.82, 2.24) is 14.9 Å². The first-order valence-electron chi connectivity index (χ1n) is 4.59. The zero-order valence-electron chi connectivity index (χ0n) is 8.06. The third kappa shape index (κ3) is 2.07. The van der Waals surface area contributed by atoms with Gasteiger partial charge in [-0.05, 0) is 22.0 Å². The molecule has 1 aliphatic rings. The van der Waals surface area contributed by atoms with E-state index in [-0.39, 0.29) is 11.8 Å². The molecule has 1 aliphatic heterocycles. The van der Waals surface area contributed by atoms with Gasteiger partial charge in [-0.25, -0.2) is 9.97 Å². The second kappa shape index (κ2) is 4.10. The molecule has 5 heteroatoms. The topological polar surface area (TPSA) is 46.1 Å². The maximum Gasteiger partial charge on any atom is 0.246 e. The Morgan fingerprint density at radius 2 is 2.13 bits per heavy atom. The van der Waals surface area contributed by atoms with E-state index in [1.54, 1.807) is 17.3 Å². The summed E-state index contributed by atoms with van der Waals surface area (Å²) in [6.07, 6.45) is 4.78. The Bertz CT molecular complexity index is 384. The van der Waals surface area contributed by atoms with Gasteiger partial charge in [-0.3, -0.25) is 4.79 Å². The maximum atomic E-state index is 11.2. The molecular weight excluding hydrogens is 258 g/mol. The van der Waals surface area contributed by atoms with Crippen LogP contribution in [0.1, 0.15) is 11.7 Å². The molecule has 0 N–H and O–H groups in total. The van der Waals surface area contributed by atoms with Gasteiger partial charge in [-0.1, -0.05) is 6.58 Å². The summed E-state index contributed by atoms with van der Waals surface area (Å²) in [4.78, 5) is 21.3. The summed E-state index contributed by atoms with van der Waals surface area (Å²) in [7, 11) is 0. The summed E-state index contributed by atoms with van der Waals surface area (Å²) in [6.45, 7) is 4.82. The Balaban J connectivity index is 1.97. The van der Waals surface area contributed by atoms with Crippen LogP contribution in [0.5, 0.6) is 0 Å². The third-order valence-electron chi connectivity index (χ3n) is 2.37. The van der Waals surface area contributed by atoms with Crippen LogP contribution in [0.4, 0.5) is 0 Å². The molecule has 0 aliphatic carbocycles. The summed E-state index contributed by atoms with van der Waals surface area (Å²) in [6, 6.07) is 0. The fourth-order valence-corrected chi connectivity index (χ4v) is 1.69. The van der Waals surface area contributed by atoms with E-state index in [2.05, 4.69) is 32.5 Å². The fraction of sp³-hybridized carbons (Fsp3) is 0.300. The molecule has 0 spiro atoms. The second-order valence-corrected chi connectivity index (χ2v) is 4.32. The number of nitrogens with zero attached hydrogens (tertiary/aromatic N) is 3. The fourth-order valence-electron chi connectivity index (χ4n) is 1.48. The van der Waals surface area contributed by atoms with Crippen molar-refractivity contribution in [3.8, 4) is 0 Å². The SMILES string of the molecule is C=CC(=O)N1CC(c2ncc(Br)cn2)C1. The zero-order valence-corrected chi connectivity index (χ0v) is 9.64. The van der Waals surface area contributed by atoms with Gasteiger partial charge in [0, 0.05) is 25.5 Å². The molecule has 2 rings (SSSR count). The van der Waals surface area contributed by atoms with E-state index in [1.807, 2.05) is 0 Å². The quantitative estimate of drug-likeness (QED) is 0.760. The summed E-state index contributed by atoms with van der Waals surface area (Å²) >= 11 is 3.28. The molecule has 0 bridgehead atoms. The van der Waals surface area contributed by atoms with Crippen LogP contribution in [-0.2, 0) is 4.79 Å². The van der Waals surface area contributed by atoms with Crippen molar-refractivity contribution >= 4 is 21.8 Å². The van der Waals surface area contributed by atoms with Gasteiger partial charge in [0.2, 0.25) is 5.91 Å². The van der Waals surface area contributed by atoms with Crippen LogP contribution in [0, 0.1) is 0 Å². The van der Waals surface area contributed by atoms with Crippen LogP contribution in [0.2, 0.25) is 0 Å². The predicted octanol–water partition coefficient (Wildman–Crippen LogP) is 1.35. The molecule has 0 aromatic carbocycles. The number of likely N-dealkylation sites (tertiary alicyclic amines) is 1. The summed E-state index contributed by atoms with van der Waals surface area (Å²) in [5, 5.41) is 0. The first kappa shape index (κ1) is 10.3. The average Bonchev–Trinajstić information content (AvgIpc) is 2.18. The van der Waals surface area contributed by atoms with Crippen molar-refractivity contribution in [3.63, 3.8) is 0 Å². The molecule has 15 heavy (non-hydrogen) atoms.